The molecular weight excluding hydrogens is 249 g/mol. The molecule has 1 aromatic rings. The Kier molecular flexibility index (Phi) is 7.22. The lowest BCUT2D eigenvalue weighted by Crippen LogP contribution is -2.25. The van der Waals surface area contributed by atoms with Crippen LogP contribution in [0.1, 0.15) is 19.8 Å². The van der Waals surface area contributed by atoms with Gasteiger partial charge in [-0.25, -0.2) is 4.39 Å². The molecular formula is C14H22FNO3. The van der Waals surface area contributed by atoms with Crippen LogP contribution in [-0.4, -0.2) is 38.1 Å². The van der Waals surface area contributed by atoms with E-state index in [0.717, 1.165) is 12.8 Å². The molecule has 2 N–H and O–H groups in total. The Morgan fingerprint density at radius 3 is 2.84 bits per heavy atom. The van der Waals surface area contributed by atoms with Crippen molar-refractivity contribution in [3.63, 3.8) is 0 Å². The van der Waals surface area contributed by atoms with Crippen molar-refractivity contribution in [2.24, 2.45) is 0 Å². The Morgan fingerprint density at radius 2 is 2.21 bits per heavy atom. The van der Waals surface area contributed by atoms with Crippen molar-refractivity contribution in [1.29, 1.82) is 0 Å². The fourth-order valence-corrected chi connectivity index (χ4v) is 1.54. The number of hydrogen-bond donors (Lipinski definition) is 2. The van der Waals surface area contributed by atoms with Crippen LogP contribution in [0.25, 0.3) is 0 Å². The van der Waals surface area contributed by atoms with E-state index in [0.29, 0.717) is 18.8 Å². The maximum absolute atomic E-state index is 13.4. The van der Waals surface area contributed by atoms with Crippen molar-refractivity contribution < 1.29 is 19.0 Å². The molecule has 108 valence electrons. The average molecular weight is 271 g/mol. The first-order chi connectivity index (χ1) is 9.17. The molecule has 1 aromatic carbocycles. The van der Waals surface area contributed by atoms with Gasteiger partial charge in [0.1, 0.15) is 0 Å². The summed E-state index contributed by atoms with van der Waals surface area (Å²) in [5.41, 5.74) is 0.603. The highest BCUT2D eigenvalue weighted by Crippen LogP contribution is 2.20. The lowest BCUT2D eigenvalue weighted by Gasteiger charge is -2.13. The van der Waals surface area contributed by atoms with Gasteiger partial charge in [0.2, 0.25) is 0 Å². The van der Waals surface area contributed by atoms with Crippen LogP contribution in [-0.2, 0) is 4.74 Å². The number of unbranched alkanes of at least 4 members (excludes halogenated alkanes) is 1. The van der Waals surface area contributed by atoms with Gasteiger partial charge in [0.25, 0.3) is 0 Å². The van der Waals surface area contributed by atoms with Crippen molar-refractivity contribution in [1.82, 2.24) is 0 Å². The monoisotopic (exact) mass is 271 g/mol. The zero-order valence-electron chi connectivity index (χ0n) is 11.5. The molecule has 5 heteroatoms. The summed E-state index contributed by atoms with van der Waals surface area (Å²) in [6.07, 6.45) is 1.45. The summed E-state index contributed by atoms with van der Waals surface area (Å²) in [5, 5.41) is 12.6. The van der Waals surface area contributed by atoms with E-state index in [4.69, 9.17) is 9.47 Å². The first-order valence-corrected chi connectivity index (χ1v) is 6.50. The van der Waals surface area contributed by atoms with Gasteiger partial charge in [-0.3, -0.25) is 0 Å². The molecule has 0 radical (unpaired) electrons. The SMILES string of the molecule is CCCCOCC(O)CNc1ccc(OC)c(F)c1. The first-order valence-electron chi connectivity index (χ1n) is 6.50. The fourth-order valence-electron chi connectivity index (χ4n) is 1.54. The van der Waals surface area contributed by atoms with E-state index in [1.54, 1.807) is 12.1 Å². The highest BCUT2D eigenvalue weighted by Gasteiger charge is 2.06. The van der Waals surface area contributed by atoms with E-state index in [9.17, 15) is 9.50 Å². The molecule has 0 aliphatic carbocycles. The zero-order chi connectivity index (χ0) is 14.1. The molecule has 0 amide bonds. The van der Waals surface area contributed by atoms with E-state index in [1.807, 2.05) is 0 Å². The number of benzene rings is 1. The number of aliphatic hydroxyl groups is 1. The van der Waals surface area contributed by atoms with Crippen LogP contribution in [0.5, 0.6) is 5.75 Å². The second-order valence-corrected chi connectivity index (χ2v) is 4.31. The van der Waals surface area contributed by atoms with Crippen molar-refractivity contribution in [2.45, 2.75) is 25.9 Å². The van der Waals surface area contributed by atoms with Gasteiger partial charge in [-0.15, -0.1) is 0 Å². The van der Waals surface area contributed by atoms with Gasteiger partial charge in [-0.2, -0.15) is 0 Å². The number of rotatable bonds is 9. The number of methoxy groups -OCH3 is 1. The molecule has 0 saturated carbocycles. The Hall–Kier alpha value is -1.33. The molecule has 1 rings (SSSR count). The quantitative estimate of drug-likeness (QED) is 0.677. The molecule has 0 aliphatic rings. The largest absolute Gasteiger partial charge is 0.494 e. The molecule has 0 heterocycles. The summed E-state index contributed by atoms with van der Waals surface area (Å²) >= 11 is 0. The van der Waals surface area contributed by atoms with Gasteiger partial charge in [0.15, 0.2) is 11.6 Å². The molecule has 0 aromatic heterocycles. The zero-order valence-corrected chi connectivity index (χ0v) is 11.5. The van der Waals surface area contributed by atoms with Crippen LogP contribution in [0, 0.1) is 5.82 Å². The van der Waals surface area contributed by atoms with Crippen LogP contribution in [0.3, 0.4) is 0 Å². The topological polar surface area (TPSA) is 50.7 Å². The molecule has 0 bridgehead atoms. The molecule has 19 heavy (non-hydrogen) atoms. The van der Waals surface area contributed by atoms with Crippen molar-refractivity contribution in [3.8, 4) is 5.75 Å². The van der Waals surface area contributed by atoms with E-state index < -0.39 is 11.9 Å². The summed E-state index contributed by atoms with van der Waals surface area (Å²) in [4.78, 5) is 0. The summed E-state index contributed by atoms with van der Waals surface area (Å²) in [6, 6.07) is 4.58. The normalized spacial score (nSPS) is 12.2. The number of halogens is 1. The van der Waals surface area contributed by atoms with Crippen LogP contribution in [0.2, 0.25) is 0 Å². The summed E-state index contributed by atoms with van der Waals surface area (Å²) in [5.74, 6) is -0.227. The fraction of sp³-hybridized carbons (Fsp3) is 0.571. The second kappa shape index (κ2) is 8.72. The second-order valence-electron chi connectivity index (χ2n) is 4.31. The van der Waals surface area contributed by atoms with E-state index in [2.05, 4.69) is 12.2 Å². The lowest BCUT2D eigenvalue weighted by molar-refractivity contribution is 0.0422. The first kappa shape index (κ1) is 15.7. The number of anilines is 1. The smallest absolute Gasteiger partial charge is 0.167 e. The summed E-state index contributed by atoms with van der Waals surface area (Å²) < 4.78 is 23.5. The molecule has 4 nitrogen and oxygen atoms in total. The predicted octanol–water partition coefficient (Wildman–Crippen LogP) is 2.42. The molecule has 0 saturated heterocycles. The van der Waals surface area contributed by atoms with Crippen molar-refractivity contribution in [2.75, 3.05) is 32.2 Å². The van der Waals surface area contributed by atoms with E-state index in [1.165, 1.54) is 13.2 Å². The van der Waals surface area contributed by atoms with Crippen LogP contribution in [0.15, 0.2) is 18.2 Å². The number of ether oxygens (including phenoxy) is 2. The van der Waals surface area contributed by atoms with E-state index >= 15 is 0 Å². The maximum atomic E-state index is 13.4. The Bertz CT molecular complexity index is 374. The Labute approximate surface area is 113 Å². The number of nitrogens with one attached hydrogen (secondary N) is 1. The Balaban J connectivity index is 2.29. The molecule has 1 atom stereocenters. The molecule has 0 aliphatic heterocycles. The van der Waals surface area contributed by atoms with Gasteiger partial charge in [-0.05, 0) is 18.6 Å². The minimum absolute atomic E-state index is 0.203. The highest BCUT2D eigenvalue weighted by molar-refractivity contribution is 5.47. The minimum atomic E-state index is -0.609. The van der Waals surface area contributed by atoms with Gasteiger partial charge >= 0.3 is 0 Å². The Morgan fingerprint density at radius 1 is 1.42 bits per heavy atom. The van der Waals surface area contributed by atoms with Crippen molar-refractivity contribution >= 4 is 5.69 Å². The summed E-state index contributed by atoms with van der Waals surface area (Å²) in [7, 11) is 1.42. The lowest BCUT2D eigenvalue weighted by atomic mass is 10.2. The van der Waals surface area contributed by atoms with E-state index in [-0.39, 0.29) is 12.4 Å². The van der Waals surface area contributed by atoms with Gasteiger partial charge < -0.3 is 19.9 Å². The van der Waals surface area contributed by atoms with Crippen LogP contribution in [0.4, 0.5) is 10.1 Å². The minimum Gasteiger partial charge on any atom is -0.494 e. The third-order valence-electron chi connectivity index (χ3n) is 2.65. The van der Waals surface area contributed by atoms with Gasteiger partial charge in [-0.1, -0.05) is 13.3 Å². The summed E-state index contributed by atoms with van der Waals surface area (Å²) in [6.45, 7) is 3.34. The molecule has 0 spiro atoms. The van der Waals surface area contributed by atoms with Crippen molar-refractivity contribution in [3.05, 3.63) is 24.0 Å². The molecule has 0 fully saturated rings. The van der Waals surface area contributed by atoms with Gasteiger partial charge in [0, 0.05) is 24.9 Å². The number of hydrogen-bond acceptors (Lipinski definition) is 4. The average Bonchev–Trinajstić information content (AvgIpc) is 2.41. The van der Waals surface area contributed by atoms with Crippen LogP contribution < -0.4 is 10.1 Å². The predicted molar refractivity (Wildman–Crippen MR) is 73.2 cm³/mol. The maximum Gasteiger partial charge on any atom is 0.167 e. The highest BCUT2D eigenvalue weighted by atomic mass is 19.1. The van der Waals surface area contributed by atoms with Crippen LogP contribution >= 0.6 is 0 Å². The number of aliphatic hydroxyl groups excluding tert-OH is 1. The standard InChI is InChI=1S/C14H22FNO3/c1-3-4-7-19-10-12(17)9-16-11-5-6-14(18-2)13(15)8-11/h5-6,8,12,16-17H,3-4,7,9-10H2,1-2H3. The third kappa shape index (κ3) is 5.89. The third-order valence-corrected chi connectivity index (χ3v) is 2.65. The van der Waals surface area contributed by atoms with Gasteiger partial charge in [0.05, 0.1) is 19.8 Å². The molecule has 1 unspecified atom stereocenters.